The lowest BCUT2D eigenvalue weighted by Gasteiger charge is -2.19. The topological polar surface area (TPSA) is 89.9 Å². The quantitative estimate of drug-likeness (QED) is 0.634. The lowest BCUT2D eigenvalue weighted by atomic mass is 10.3. The standard InChI is InChI=1S/C12H15FN2O4/c13-9-1-3-10(4-2-9)14-11(18)12(19)15(5-7-16)6-8-17/h1-4,16-17H,5-8H2,(H,14,18). The lowest BCUT2D eigenvalue weighted by molar-refractivity contribution is -0.143. The highest BCUT2D eigenvalue weighted by atomic mass is 19.1. The molecule has 0 aliphatic heterocycles. The first kappa shape index (κ1) is 15.1. The van der Waals surface area contributed by atoms with Gasteiger partial charge in [0.25, 0.3) is 0 Å². The predicted molar refractivity (Wildman–Crippen MR) is 65.8 cm³/mol. The summed E-state index contributed by atoms with van der Waals surface area (Å²) in [7, 11) is 0. The summed E-state index contributed by atoms with van der Waals surface area (Å²) in [6.45, 7) is -0.711. The van der Waals surface area contributed by atoms with Crippen molar-refractivity contribution >= 4 is 17.5 Å². The number of carbonyl (C=O) groups excluding carboxylic acids is 2. The van der Waals surface area contributed by atoms with E-state index >= 15 is 0 Å². The van der Waals surface area contributed by atoms with Crippen molar-refractivity contribution in [2.75, 3.05) is 31.6 Å². The van der Waals surface area contributed by atoms with E-state index in [-0.39, 0.29) is 32.0 Å². The maximum Gasteiger partial charge on any atom is 0.313 e. The van der Waals surface area contributed by atoms with Crippen molar-refractivity contribution < 1.29 is 24.2 Å². The SMILES string of the molecule is O=C(Nc1ccc(F)cc1)C(=O)N(CCO)CCO. The van der Waals surface area contributed by atoms with Crippen LogP contribution in [-0.4, -0.2) is 53.2 Å². The molecule has 0 bridgehead atoms. The van der Waals surface area contributed by atoms with Gasteiger partial charge in [0.15, 0.2) is 0 Å². The molecular weight excluding hydrogens is 255 g/mol. The minimum atomic E-state index is -0.909. The van der Waals surface area contributed by atoms with E-state index in [9.17, 15) is 14.0 Å². The number of rotatable bonds is 5. The maximum atomic E-state index is 12.7. The van der Waals surface area contributed by atoms with E-state index in [0.717, 1.165) is 17.0 Å². The van der Waals surface area contributed by atoms with E-state index in [2.05, 4.69) is 5.32 Å². The minimum Gasteiger partial charge on any atom is -0.395 e. The van der Waals surface area contributed by atoms with Crippen LogP contribution in [0.25, 0.3) is 0 Å². The molecule has 0 aliphatic carbocycles. The Bertz CT molecular complexity index is 430. The molecular formula is C12H15FN2O4. The molecule has 3 N–H and O–H groups in total. The van der Waals surface area contributed by atoms with Crippen molar-refractivity contribution in [2.45, 2.75) is 0 Å². The Morgan fingerprint density at radius 3 is 2.11 bits per heavy atom. The Morgan fingerprint density at radius 2 is 1.63 bits per heavy atom. The maximum absolute atomic E-state index is 12.7. The van der Waals surface area contributed by atoms with Gasteiger partial charge in [-0.3, -0.25) is 9.59 Å². The van der Waals surface area contributed by atoms with Crippen molar-refractivity contribution in [3.63, 3.8) is 0 Å². The van der Waals surface area contributed by atoms with Crippen molar-refractivity contribution in [3.05, 3.63) is 30.1 Å². The van der Waals surface area contributed by atoms with Gasteiger partial charge in [-0.1, -0.05) is 0 Å². The third-order valence-corrected chi connectivity index (χ3v) is 2.32. The Labute approximate surface area is 109 Å². The van der Waals surface area contributed by atoms with Gasteiger partial charge in [0.05, 0.1) is 13.2 Å². The highest BCUT2D eigenvalue weighted by Gasteiger charge is 2.21. The summed E-state index contributed by atoms with van der Waals surface area (Å²) in [6, 6.07) is 4.95. The smallest absolute Gasteiger partial charge is 0.313 e. The van der Waals surface area contributed by atoms with Crippen LogP contribution in [0.2, 0.25) is 0 Å². The number of benzene rings is 1. The van der Waals surface area contributed by atoms with Gasteiger partial charge in [-0.2, -0.15) is 0 Å². The molecule has 0 heterocycles. The van der Waals surface area contributed by atoms with Gasteiger partial charge >= 0.3 is 11.8 Å². The molecule has 0 radical (unpaired) electrons. The van der Waals surface area contributed by atoms with Gasteiger partial charge in [0.1, 0.15) is 5.82 Å². The van der Waals surface area contributed by atoms with Crippen LogP contribution in [0.4, 0.5) is 10.1 Å². The Morgan fingerprint density at radius 1 is 1.11 bits per heavy atom. The first-order valence-electron chi connectivity index (χ1n) is 5.66. The van der Waals surface area contributed by atoms with Crippen LogP contribution in [0.5, 0.6) is 0 Å². The minimum absolute atomic E-state index is 0.0454. The highest BCUT2D eigenvalue weighted by Crippen LogP contribution is 2.08. The van der Waals surface area contributed by atoms with Gasteiger partial charge in [-0.25, -0.2) is 4.39 Å². The number of aliphatic hydroxyl groups excluding tert-OH is 2. The van der Waals surface area contributed by atoms with E-state index in [1.54, 1.807) is 0 Å². The molecule has 2 amide bonds. The fraction of sp³-hybridized carbons (Fsp3) is 0.333. The largest absolute Gasteiger partial charge is 0.395 e. The second-order valence-corrected chi connectivity index (χ2v) is 3.70. The predicted octanol–water partition coefficient (Wildman–Crippen LogP) is -0.423. The first-order valence-corrected chi connectivity index (χ1v) is 5.66. The average Bonchev–Trinajstić information content (AvgIpc) is 2.40. The van der Waals surface area contributed by atoms with Crippen LogP contribution in [0.3, 0.4) is 0 Å². The van der Waals surface area contributed by atoms with Crippen molar-refractivity contribution in [3.8, 4) is 0 Å². The number of carbonyl (C=O) groups is 2. The fourth-order valence-electron chi connectivity index (χ4n) is 1.42. The number of anilines is 1. The highest BCUT2D eigenvalue weighted by molar-refractivity contribution is 6.39. The Hall–Kier alpha value is -1.99. The second kappa shape index (κ2) is 7.45. The third kappa shape index (κ3) is 4.65. The molecule has 0 atom stereocenters. The normalized spacial score (nSPS) is 10.1. The van der Waals surface area contributed by atoms with E-state index in [1.165, 1.54) is 12.1 Å². The summed E-state index contributed by atoms with van der Waals surface area (Å²) in [4.78, 5) is 24.4. The van der Waals surface area contributed by atoms with Crippen LogP contribution >= 0.6 is 0 Å². The average molecular weight is 270 g/mol. The summed E-state index contributed by atoms with van der Waals surface area (Å²) in [5, 5.41) is 19.8. The fourth-order valence-corrected chi connectivity index (χ4v) is 1.42. The van der Waals surface area contributed by atoms with Gasteiger partial charge in [0, 0.05) is 18.8 Å². The summed E-state index contributed by atoms with van der Waals surface area (Å²) in [5.41, 5.74) is 0.285. The van der Waals surface area contributed by atoms with Gasteiger partial charge in [-0.05, 0) is 24.3 Å². The Balaban J connectivity index is 2.65. The zero-order valence-corrected chi connectivity index (χ0v) is 10.2. The molecule has 0 fully saturated rings. The van der Waals surface area contributed by atoms with Crippen molar-refractivity contribution in [1.29, 1.82) is 0 Å². The zero-order valence-electron chi connectivity index (χ0n) is 10.2. The van der Waals surface area contributed by atoms with E-state index in [0.29, 0.717) is 0 Å². The van der Waals surface area contributed by atoms with Crippen LogP contribution in [0.1, 0.15) is 0 Å². The third-order valence-electron chi connectivity index (χ3n) is 2.32. The molecule has 19 heavy (non-hydrogen) atoms. The number of aliphatic hydroxyl groups is 2. The summed E-state index contributed by atoms with van der Waals surface area (Å²) < 4.78 is 12.7. The molecule has 1 aromatic rings. The number of amides is 2. The number of hydrogen-bond donors (Lipinski definition) is 3. The van der Waals surface area contributed by atoms with Crippen LogP contribution in [0.15, 0.2) is 24.3 Å². The van der Waals surface area contributed by atoms with Crippen molar-refractivity contribution in [2.24, 2.45) is 0 Å². The number of nitrogens with zero attached hydrogens (tertiary/aromatic N) is 1. The van der Waals surface area contributed by atoms with E-state index < -0.39 is 17.6 Å². The van der Waals surface area contributed by atoms with Crippen LogP contribution < -0.4 is 5.32 Å². The summed E-state index contributed by atoms with van der Waals surface area (Å²) >= 11 is 0. The molecule has 104 valence electrons. The number of nitrogens with one attached hydrogen (secondary N) is 1. The molecule has 1 rings (SSSR count). The molecule has 0 spiro atoms. The molecule has 0 aromatic heterocycles. The molecule has 7 heteroatoms. The second-order valence-electron chi connectivity index (χ2n) is 3.70. The summed E-state index contributed by atoms with van der Waals surface area (Å²) in [5.74, 6) is -2.23. The van der Waals surface area contributed by atoms with Crippen molar-refractivity contribution in [1.82, 2.24) is 4.90 Å². The number of halogens is 1. The number of hydrogen-bond acceptors (Lipinski definition) is 4. The van der Waals surface area contributed by atoms with Gasteiger partial charge in [0.2, 0.25) is 0 Å². The van der Waals surface area contributed by atoms with E-state index in [1.807, 2.05) is 0 Å². The molecule has 6 nitrogen and oxygen atoms in total. The van der Waals surface area contributed by atoms with Gasteiger partial charge in [-0.15, -0.1) is 0 Å². The zero-order chi connectivity index (χ0) is 14.3. The molecule has 1 aromatic carbocycles. The summed E-state index contributed by atoms with van der Waals surface area (Å²) in [6.07, 6.45) is 0. The molecule has 0 saturated heterocycles. The van der Waals surface area contributed by atoms with Crippen LogP contribution in [-0.2, 0) is 9.59 Å². The first-order chi connectivity index (χ1) is 9.08. The molecule has 0 unspecified atom stereocenters. The van der Waals surface area contributed by atoms with E-state index in [4.69, 9.17) is 10.2 Å². The monoisotopic (exact) mass is 270 g/mol. The molecule has 0 saturated carbocycles. The molecule has 0 aliphatic rings. The lowest BCUT2D eigenvalue weighted by Crippen LogP contribution is -2.42. The Kier molecular flexibility index (Phi) is 5.91. The van der Waals surface area contributed by atoms with Gasteiger partial charge < -0.3 is 20.4 Å². The van der Waals surface area contributed by atoms with Crippen LogP contribution in [0, 0.1) is 5.82 Å².